The summed E-state index contributed by atoms with van der Waals surface area (Å²) in [6.07, 6.45) is 2.85. The zero-order valence-corrected chi connectivity index (χ0v) is 12.5. The van der Waals surface area contributed by atoms with Crippen molar-refractivity contribution in [2.24, 2.45) is 5.92 Å². The molecule has 0 spiro atoms. The van der Waals surface area contributed by atoms with E-state index in [1.165, 1.54) is 0 Å². The van der Waals surface area contributed by atoms with Gasteiger partial charge in [0.2, 0.25) is 0 Å². The highest BCUT2D eigenvalue weighted by Gasteiger charge is 2.08. The first-order chi connectivity index (χ1) is 7.08. The van der Waals surface area contributed by atoms with Crippen LogP contribution in [0.25, 0.3) is 0 Å². The summed E-state index contributed by atoms with van der Waals surface area (Å²) in [4.78, 5) is 11.8. The second kappa shape index (κ2) is 6.11. The number of nitrogens with zero attached hydrogens (tertiary/aromatic N) is 1. The van der Waals surface area contributed by atoms with E-state index < -0.39 is 0 Å². The van der Waals surface area contributed by atoms with Gasteiger partial charge in [-0.25, -0.2) is 0 Å². The minimum Gasteiger partial charge on any atom is -0.313 e. The van der Waals surface area contributed by atoms with Crippen LogP contribution in [0.15, 0.2) is 26.0 Å². The fourth-order valence-corrected chi connectivity index (χ4v) is 2.93. The Balaban J connectivity index is 2.99. The van der Waals surface area contributed by atoms with Crippen LogP contribution < -0.4 is 5.56 Å². The molecule has 0 aromatic carbocycles. The normalized spacial score (nSPS) is 12.8. The molecule has 0 aliphatic heterocycles. The highest BCUT2D eigenvalue weighted by molar-refractivity contribution is 9.11. The molecule has 0 aliphatic carbocycles. The summed E-state index contributed by atoms with van der Waals surface area (Å²) in [6.45, 7) is 2.83. The van der Waals surface area contributed by atoms with Gasteiger partial charge in [0.05, 0.1) is 4.47 Å². The molecule has 1 rings (SSSR count). The molecule has 1 heterocycles. The van der Waals surface area contributed by atoms with Crippen LogP contribution in [0.1, 0.15) is 13.3 Å². The molecule has 1 aromatic heterocycles. The minimum atomic E-state index is 0.0124. The van der Waals surface area contributed by atoms with Gasteiger partial charge < -0.3 is 4.57 Å². The first-order valence-corrected chi connectivity index (χ1v) is 6.96. The van der Waals surface area contributed by atoms with Gasteiger partial charge in [-0.15, -0.1) is 0 Å². The van der Waals surface area contributed by atoms with Crippen LogP contribution in [-0.2, 0) is 6.54 Å². The lowest BCUT2D eigenvalue weighted by atomic mass is 10.1. The summed E-state index contributed by atoms with van der Waals surface area (Å²) >= 11 is 10.9. The molecule has 0 N–H and O–H groups in total. The number of hydrogen-bond donors (Lipinski definition) is 1. The van der Waals surface area contributed by atoms with E-state index in [0.29, 0.717) is 10.4 Å². The third-order valence-electron chi connectivity index (χ3n) is 2.30. The van der Waals surface area contributed by atoms with Crippen LogP contribution in [0.3, 0.4) is 0 Å². The van der Waals surface area contributed by atoms with Crippen LogP contribution in [0.5, 0.6) is 0 Å². The number of thiol groups is 1. The highest BCUT2D eigenvalue weighted by atomic mass is 79.9. The third-order valence-corrected chi connectivity index (χ3v) is 3.82. The first-order valence-electron chi connectivity index (χ1n) is 4.74. The monoisotopic (exact) mass is 353 g/mol. The maximum absolute atomic E-state index is 11.8. The predicted molar refractivity (Wildman–Crippen MR) is 73.7 cm³/mol. The molecular weight excluding hydrogens is 342 g/mol. The average Bonchev–Trinajstić information content (AvgIpc) is 2.21. The van der Waals surface area contributed by atoms with E-state index in [1.54, 1.807) is 10.6 Å². The number of hydrogen-bond acceptors (Lipinski definition) is 2. The lowest BCUT2D eigenvalue weighted by Crippen LogP contribution is -2.24. The Morgan fingerprint density at radius 1 is 1.53 bits per heavy atom. The topological polar surface area (TPSA) is 22.0 Å². The Bertz CT molecular complexity index is 387. The number of pyridine rings is 1. The molecule has 0 saturated heterocycles. The molecule has 1 unspecified atom stereocenters. The largest absolute Gasteiger partial charge is 0.313 e. The van der Waals surface area contributed by atoms with Crippen molar-refractivity contribution in [3.63, 3.8) is 0 Å². The predicted octanol–water partition coefficient (Wildman–Crippen LogP) is 3.33. The van der Waals surface area contributed by atoms with E-state index in [1.807, 2.05) is 6.20 Å². The van der Waals surface area contributed by atoms with E-state index >= 15 is 0 Å². The maximum Gasteiger partial charge on any atom is 0.264 e. The van der Waals surface area contributed by atoms with Crippen molar-refractivity contribution >= 4 is 44.5 Å². The van der Waals surface area contributed by atoms with Crippen LogP contribution >= 0.6 is 44.5 Å². The fourth-order valence-electron chi connectivity index (χ4n) is 1.29. The molecule has 0 aliphatic rings. The Labute approximate surface area is 112 Å². The van der Waals surface area contributed by atoms with Gasteiger partial charge in [-0.05, 0) is 49.6 Å². The van der Waals surface area contributed by atoms with E-state index in [9.17, 15) is 4.79 Å². The summed E-state index contributed by atoms with van der Waals surface area (Å²) < 4.78 is 3.22. The second-order valence-corrected chi connectivity index (χ2v) is 5.56. The minimum absolute atomic E-state index is 0.0124. The number of halogens is 2. The lowest BCUT2D eigenvalue weighted by molar-refractivity contribution is 0.466. The van der Waals surface area contributed by atoms with E-state index in [0.717, 1.165) is 23.2 Å². The summed E-state index contributed by atoms with van der Waals surface area (Å²) in [6, 6.07) is 1.76. The first kappa shape index (κ1) is 13.3. The van der Waals surface area contributed by atoms with Crippen LogP contribution in [-0.4, -0.2) is 10.3 Å². The lowest BCUT2D eigenvalue weighted by Gasteiger charge is -2.14. The summed E-state index contributed by atoms with van der Waals surface area (Å²) in [5, 5.41) is 0. The third kappa shape index (κ3) is 3.64. The van der Waals surface area contributed by atoms with Crippen molar-refractivity contribution in [2.75, 3.05) is 5.75 Å². The van der Waals surface area contributed by atoms with Gasteiger partial charge in [-0.3, -0.25) is 4.79 Å². The van der Waals surface area contributed by atoms with Crippen LogP contribution in [0.2, 0.25) is 0 Å². The molecule has 0 saturated carbocycles. The smallest absolute Gasteiger partial charge is 0.264 e. The Kier molecular flexibility index (Phi) is 5.43. The van der Waals surface area contributed by atoms with Crippen molar-refractivity contribution < 1.29 is 0 Å². The van der Waals surface area contributed by atoms with E-state index in [4.69, 9.17) is 0 Å². The fraction of sp³-hybridized carbons (Fsp3) is 0.500. The quantitative estimate of drug-likeness (QED) is 0.823. The highest BCUT2D eigenvalue weighted by Crippen LogP contribution is 2.15. The van der Waals surface area contributed by atoms with Crippen molar-refractivity contribution in [2.45, 2.75) is 19.9 Å². The molecular formula is C10H13Br2NOS. The average molecular weight is 355 g/mol. The number of aromatic nitrogens is 1. The molecule has 1 aromatic rings. The molecule has 0 amide bonds. The maximum atomic E-state index is 11.8. The van der Waals surface area contributed by atoms with Crippen LogP contribution in [0.4, 0.5) is 0 Å². The van der Waals surface area contributed by atoms with Gasteiger partial charge in [0.1, 0.15) is 0 Å². The molecule has 1 atom stereocenters. The van der Waals surface area contributed by atoms with Gasteiger partial charge in [0.15, 0.2) is 0 Å². The Morgan fingerprint density at radius 2 is 2.20 bits per heavy atom. The molecule has 5 heteroatoms. The standard InChI is InChI=1S/C10H13Br2NOS/c1-2-7(6-15)4-13-5-8(11)3-9(12)10(13)14/h3,5,7,15H,2,4,6H2,1H3. The van der Waals surface area contributed by atoms with E-state index in [-0.39, 0.29) is 5.56 Å². The van der Waals surface area contributed by atoms with Crippen molar-refractivity contribution in [1.82, 2.24) is 4.57 Å². The van der Waals surface area contributed by atoms with Gasteiger partial charge >= 0.3 is 0 Å². The zero-order valence-electron chi connectivity index (χ0n) is 8.41. The SMILES string of the molecule is CCC(CS)Cn1cc(Br)cc(Br)c1=O. The zero-order chi connectivity index (χ0) is 11.4. The molecule has 2 nitrogen and oxygen atoms in total. The summed E-state index contributed by atoms with van der Waals surface area (Å²) in [7, 11) is 0. The Morgan fingerprint density at radius 3 is 2.73 bits per heavy atom. The van der Waals surface area contributed by atoms with Crippen molar-refractivity contribution in [3.8, 4) is 0 Å². The molecule has 84 valence electrons. The van der Waals surface area contributed by atoms with Gasteiger partial charge in [-0.1, -0.05) is 13.3 Å². The summed E-state index contributed by atoms with van der Waals surface area (Å²) in [5.74, 6) is 1.24. The van der Waals surface area contributed by atoms with Gasteiger partial charge in [-0.2, -0.15) is 12.6 Å². The molecule has 15 heavy (non-hydrogen) atoms. The molecule has 0 radical (unpaired) electrons. The van der Waals surface area contributed by atoms with Crippen LogP contribution in [0, 0.1) is 5.92 Å². The van der Waals surface area contributed by atoms with Crippen molar-refractivity contribution in [1.29, 1.82) is 0 Å². The van der Waals surface area contributed by atoms with Gasteiger partial charge in [0, 0.05) is 17.2 Å². The van der Waals surface area contributed by atoms with E-state index in [2.05, 4.69) is 51.4 Å². The molecule has 0 bridgehead atoms. The number of rotatable bonds is 4. The van der Waals surface area contributed by atoms with Gasteiger partial charge in [0.25, 0.3) is 5.56 Å². The molecule has 0 fully saturated rings. The Hall–Kier alpha value is 0.260. The van der Waals surface area contributed by atoms with Crippen molar-refractivity contribution in [3.05, 3.63) is 31.6 Å². The second-order valence-electron chi connectivity index (χ2n) is 3.42. The summed E-state index contributed by atoms with van der Waals surface area (Å²) in [5.41, 5.74) is 0.0124.